The normalized spacial score (nSPS) is 26.1. The Morgan fingerprint density at radius 1 is 1.35 bits per heavy atom. The van der Waals surface area contributed by atoms with Crippen LogP contribution in [0, 0.1) is 17.3 Å². The third-order valence-electron chi connectivity index (χ3n) is 3.54. The molecule has 3 heteroatoms. The van der Waals surface area contributed by atoms with Crippen molar-refractivity contribution >= 4 is 34.5 Å². The average Bonchev–Trinajstić information content (AvgIpc) is 2.79. The molecule has 0 heterocycles. The third kappa shape index (κ3) is 2.41. The van der Waals surface area contributed by atoms with Gasteiger partial charge in [0.25, 0.3) is 0 Å². The van der Waals surface area contributed by atoms with E-state index in [4.69, 9.17) is 23.2 Å². The fourth-order valence-electron chi connectivity index (χ4n) is 2.29. The molecule has 0 aliphatic heterocycles. The zero-order valence-corrected chi connectivity index (χ0v) is 11.3. The second-order valence-electron chi connectivity index (χ2n) is 5.01. The first-order valence-electron chi connectivity index (χ1n) is 5.56. The van der Waals surface area contributed by atoms with E-state index in [1.54, 1.807) is 0 Å². The number of carbonyl (C=O) groups is 1. The van der Waals surface area contributed by atoms with Crippen LogP contribution in [0.3, 0.4) is 0 Å². The molecule has 1 nitrogen and oxygen atoms in total. The molecule has 0 amide bonds. The molecular formula is C14H14Cl2O. The summed E-state index contributed by atoms with van der Waals surface area (Å²) in [5.74, 6) is 0.145. The minimum atomic E-state index is -0.246. The molecule has 2 rings (SSSR count). The summed E-state index contributed by atoms with van der Waals surface area (Å²) in [6, 6.07) is 7.63. The number of rotatable bonds is 3. The lowest BCUT2D eigenvalue weighted by Crippen LogP contribution is -1.96. The molecule has 0 aromatic heterocycles. The molecule has 1 saturated carbocycles. The molecule has 2 atom stereocenters. The molecule has 0 spiro atoms. The second kappa shape index (κ2) is 4.47. The molecule has 90 valence electrons. The molecule has 0 saturated heterocycles. The number of allylic oxidation sites excluding steroid dienone is 1. The Balaban J connectivity index is 2.14. The maximum atomic E-state index is 11.2. The van der Waals surface area contributed by atoms with E-state index >= 15 is 0 Å². The third-order valence-corrected chi connectivity index (χ3v) is 4.12. The topological polar surface area (TPSA) is 17.1 Å². The summed E-state index contributed by atoms with van der Waals surface area (Å²) in [4.78, 5) is 11.2. The van der Waals surface area contributed by atoms with Crippen LogP contribution in [0.5, 0.6) is 0 Å². The first-order chi connectivity index (χ1) is 7.94. The van der Waals surface area contributed by atoms with Gasteiger partial charge in [0.2, 0.25) is 5.24 Å². The van der Waals surface area contributed by atoms with Gasteiger partial charge in [-0.2, -0.15) is 0 Å². The van der Waals surface area contributed by atoms with E-state index in [1.807, 2.05) is 36.4 Å². The summed E-state index contributed by atoms with van der Waals surface area (Å²) in [6.45, 7) is 4.11. The number of benzene rings is 1. The van der Waals surface area contributed by atoms with E-state index in [0.29, 0.717) is 0 Å². The maximum Gasteiger partial charge on any atom is 0.225 e. The Kier molecular flexibility index (Phi) is 3.33. The van der Waals surface area contributed by atoms with Crippen molar-refractivity contribution in [1.82, 2.24) is 0 Å². The fourth-order valence-corrected chi connectivity index (χ4v) is 2.90. The first-order valence-corrected chi connectivity index (χ1v) is 6.32. The van der Waals surface area contributed by atoms with Crippen LogP contribution in [-0.4, -0.2) is 5.24 Å². The van der Waals surface area contributed by atoms with Crippen LogP contribution in [-0.2, 0) is 4.79 Å². The van der Waals surface area contributed by atoms with Crippen molar-refractivity contribution in [2.45, 2.75) is 13.8 Å². The van der Waals surface area contributed by atoms with Crippen LogP contribution < -0.4 is 0 Å². The molecule has 17 heavy (non-hydrogen) atoms. The fraction of sp³-hybridized carbons (Fsp3) is 0.357. The van der Waals surface area contributed by atoms with Crippen LogP contribution in [0.15, 0.2) is 30.3 Å². The van der Waals surface area contributed by atoms with Crippen molar-refractivity contribution in [3.63, 3.8) is 0 Å². The van der Waals surface area contributed by atoms with Crippen LogP contribution in [0.25, 0.3) is 6.08 Å². The predicted molar refractivity (Wildman–Crippen MR) is 72.1 cm³/mol. The summed E-state index contributed by atoms with van der Waals surface area (Å²) >= 11 is 11.6. The lowest BCUT2D eigenvalue weighted by Gasteiger charge is -1.98. The maximum absolute atomic E-state index is 11.2. The van der Waals surface area contributed by atoms with E-state index in [0.717, 1.165) is 10.6 Å². The zero-order valence-electron chi connectivity index (χ0n) is 9.78. The molecule has 0 bridgehead atoms. The second-order valence-corrected chi connectivity index (χ2v) is 5.79. The Bertz CT molecular complexity index is 477. The van der Waals surface area contributed by atoms with Crippen molar-refractivity contribution in [3.05, 3.63) is 40.9 Å². The van der Waals surface area contributed by atoms with Crippen LogP contribution in [0.2, 0.25) is 5.02 Å². The smallest absolute Gasteiger partial charge is 0.225 e. The highest BCUT2D eigenvalue weighted by Gasteiger charge is 2.59. The van der Waals surface area contributed by atoms with E-state index < -0.39 is 0 Å². The highest BCUT2D eigenvalue weighted by Crippen LogP contribution is 2.60. The molecular weight excluding hydrogens is 255 g/mol. The van der Waals surface area contributed by atoms with E-state index in [1.165, 1.54) is 0 Å². The van der Waals surface area contributed by atoms with Gasteiger partial charge in [0, 0.05) is 10.9 Å². The van der Waals surface area contributed by atoms with Gasteiger partial charge in [-0.3, -0.25) is 4.79 Å². The summed E-state index contributed by atoms with van der Waals surface area (Å²) < 4.78 is 0. The van der Waals surface area contributed by atoms with Crippen LogP contribution >= 0.6 is 23.2 Å². The van der Waals surface area contributed by atoms with E-state index in [-0.39, 0.29) is 22.5 Å². The van der Waals surface area contributed by atoms with Gasteiger partial charge in [0.05, 0.1) is 0 Å². The quantitative estimate of drug-likeness (QED) is 0.744. The molecule has 1 aliphatic rings. The Labute approximate surface area is 111 Å². The summed E-state index contributed by atoms with van der Waals surface area (Å²) in [5, 5.41) is 0.472. The van der Waals surface area contributed by atoms with Crippen molar-refractivity contribution in [2.75, 3.05) is 0 Å². The number of carbonyl (C=O) groups excluding carboxylic acids is 1. The van der Waals surface area contributed by atoms with Crippen LogP contribution in [0.1, 0.15) is 19.4 Å². The SMILES string of the molecule is CC1(C)C(/C=C/c2ccccc2Cl)C1C(=O)Cl. The van der Waals surface area contributed by atoms with Gasteiger partial charge >= 0.3 is 0 Å². The van der Waals surface area contributed by atoms with E-state index in [2.05, 4.69) is 13.8 Å². The Morgan fingerprint density at radius 2 is 2.00 bits per heavy atom. The summed E-state index contributed by atoms with van der Waals surface area (Å²) in [6.07, 6.45) is 4.00. The highest BCUT2D eigenvalue weighted by atomic mass is 35.5. The lowest BCUT2D eigenvalue weighted by atomic mass is 10.1. The largest absolute Gasteiger partial charge is 0.281 e. The minimum absolute atomic E-state index is 0.0312. The van der Waals surface area contributed by atoms with Gasteiger partial charge in [-0.1, -0.05) is 55.8 Å². The molecule has 1 aliphatic carbocycles. The Hall–Kier alpha value is -0.790. The highest BCUT2D eigenvalue weighted by molar-refractivity contribution is 6.64. The van der Waals surface area contributed by atoms with Gasteiger partial charge in [-0.05, 0) is 34.6 Å². The van der Waals surface area contributed by atoms with Gasteiger partial charge in [0.1, 0.15) is 0 Å². The number of hydrogen-bond donors (Lipinski definition) is 0. The van der Waals surface area contributed by atoms with Gasteiger partial charge in [0.15, 0.2) is 0 Å². The van der Waals surface area contributed by atoms with Crippen molar-refractivity contribution < 1.29 is 4.79 Å². The molecule has 1 aromatic carbocycles. The molecule has 1 aromatic rings. The van der Waals surface area contributed by atoms with Crippen molar-refractivity contribution in [2.24, 2.45) is 17.3 Å². The average molecular weight is 269 g/mol. The predicted octanol–water partition coefficient (Wildman–Crippen LogP) is 4.39. The lowest BCUT2D eigenvalue weighted by molar-refractivity contribution is -0.113. The molecule has 2 unspecified atom stereocenters. The molecule has 0 radical (unpaired) electrons. The Morgan fingerprint density at radius 3 is 2.53 bits per heavy atom. The van der Waals surface area contributed by atoms with Crippen LogP contribution in [0.4, 0.5) is 0 Å². The standard InChI is InChI=1S/C14H14Cl2O/c1-14(2)10(12(14)13(16)17)8-7-9-5-3-4-6-11(9)15/h3-8,10,12H,1-2H3/b8-7+. The number of hydrogen-bond acceptors (Lipinski definition) is 1. The minimum Gasteiger partial charge on any atom is -0.281 e. The number of halogens is 2. The van der Waals surface area contributed by atoms with Gasteiger partial charge in [-0.25, -0.2) is 0 Å². The first kappa shape index (κ1) is 12.7. The summed E-state index contributed by atoms with van der Waals surface area (Å²) in [7, 11) is 0. The monoisotopic (exact) mass is 268 g/mol. The molecule has 1 fully saturated rings. The van der Waals surface area contributed by atoms with Gasteiger partial charge < -0.3 is 0 Å². The van der Waals surface area contributed by atoms with E-state index in [9.17, 15) is 4.79 Å². The summed E-state index contributed by atoms with van der Waals surface area (Å²) in [5.41, 5.74) is 0.939. The zero-order chi connectivity index (χ0) is 12.6. The van der Waals surface area contributed by atoms with Crippen molar-refractivity contribution in [3.8, 4) is 0 Å². The van der Waals surface area contributed by atoms with Gasteiger partial charge in [-0.15, -0.1) is 0 Å². The van der Waals surface area contributed by atoms with Crippen molar-refractivity contribution in [1.29, 1.82) is 0 Å². The molecule has 0 N–H and O–H groups in total.